The molecule has 1 aromatic heterocycles. The normalized spacial score (nSPS) is 27.4. The predicted octanol–water partition coefficient (Wildman–Crippen LogP) is 4.42. The maximum Gasteiger partial charge on any atom is 0.240 e. The monoisotopic (exact) mass is 425 g/mol. The van der Waals surface area contributed by atoms with Crippen LogP contribution in [0.1, 0.15) is 62.4 Å². The smallest absolute Gasteiger partial charge is 0.240 e. The molecule has 1 aliphatic carbocycles. The first-order chi connectivity index (χ1) is 14.7. The maximum absolute atomic E-state index is 5.69. The highest BCUT2D eigenvalue weighted by atomic mass is 32.1. The van der Waals surface area contributed by atoms with E-state index in [0.717, 1.165) is 35.3 Å². The Morgan fingerprint density at radius 2 is 1.90 bits per heavy atom. The molecule has 7 heteroatoms. The van der Waals surface area contributed by atoms with Crippen LogP contribution < -0.4 is 5.43 Å². The fourth-order valence-corrected chi connectivity index (χ4v) is 5.77. The van der Waals surface area contributed by atoms with Crippen molar-refractivity contribution < 1.29 is 4.74 Å². The zero-order chi connectivity index (χ0) is 20.3. The number of piperidine rings is 1. The molecule has 2 fully saturated rings. The highest BCUT2D eigenvalue weighted by Crippen LogP contribution is 2.32. The Morgan fingerprint density at radius 1 is 1.10 bits per heavy atom. The summed E-state index contributed by atoms with van der Waals surface area (Å²) in [6.07, 6.45) is 10.6. The van der Waals surface area contributed by atoms with E-state index in [1.807, 2.05) is 19.1 Å². The van der Waals surface area contributed by atoms with Gasteiger partial charge in [-0.15, -0.1) is 5.10 Å². The predicted molar refractivity (Wildman–Crippen MR) is 120 cm³/mol. The van der Waals surface area contributed by atoms with Crippen molar-refractivity contribution in [2.45, 2.75) is 70.6 Å². The quantitative estimate of drug-likeness (QED) is 0.768. The molecule has 1 saturated heterocycles. The number of hydrazone groups is 1. The van der Waals surface area contributed by atoms with Gasteiger partial charge in [0.15, 0.2) is 12.1 Å². The molecule has 5 rings (SSSR count). The van der Waals surface area contributed by atoms with Crippen LogP contribution in [0, 0.1) is 5.92 Å². The number of ether oxygens (including phenoxy) is 1. The average molecular weight is 426 g/mol. The zero-order valence-electron chi connectivity index (χ0n) is 17.7. The molecule has 30 heavy (non-hydrogen) atoms. The fraction of sp³-hybridized carbons (Fsp3) is 0.609. The van der Waals surface area contributed by atoms with Gasteiger partial charge in [0.2, 0.25) is 5.90 Å². The second-order valence-electron chi connectivity index (χ2n) is 8.87. The Hall–Kier alpha value is -1.99. The molecule has 160 valence electrons. The van der Waals surface area contributed by atoms with Crippen LogP contribution in [0.25, 0.3) is 11.4 Å². The van der Waals surface area contributed by atoms with Crippen molar-refractivity contribution in [3.05, 3.63) is 34.8 Å². The molecular formula is C23H31N5OS. The zero-order valence-corrected chi connectivity index (χ0v) is 18.5. The van der Waals surface area contributed by atoms with Gasteiger partial charge >= 0.3 is 0 Å². The lowest BCUT2D eigenvalue weighted by Crippen LogP contribution is -2.41. The summed E-state index contributed by atoms with van der Waals surface area (Å²) in [6, 6.07) is 8.98. The van der Waals surface area contributed by atoms with Crippen LogP contribution in [0.5, 0.6) is 0 Å². The Labute approximate surface area is 182 Å². The van der Waals surface area contributed by atoms with Gasteiger partial charge in [0.25, 0.3) is 0 Å². The molecule has 2 aromatic rings. The highest BCUT2D eigenvalue weighted by molar-refractivity contribution is 7.05. The van der Waals surface area contributed by atoms with Crippen LogP contribution in [0.15, 0.2) is 29.4 Å². The lowest BCUT2D eigenvalue weighted by molar-refractivity contribution is 0.114. The summed E-state index contributed by atoms with van der Waals surface area (Å²) in [4.78, 5) is 7.62. The van der Waals surface area contributed by atoms with Crippen molar-refractivity contribution in [3.8, 4) is 11.4 Å². The van der Waals surface area contributed by atoms with E-state index in [9.17, 15) is 0 Å². The van der Waals surface area contributed by atoms with Crippen molar-refractivity contribution in [3.63, 3.8) is 0 Å². The van der Waals surface area contributed by atoms with E-state index in [1.54, 1.807) is 11.5 Å². The van der Waals surface area contributed by atoms with E-state index in [0.29, 0.717) is 5.90 Å². The SMILES string of the molecule is CC1NN=C(c2cccc(-c3nsc(CC4CCC(N5CCCCC5)CC4)n3)c2)O1. The summed E-state index contributed by atoms with van der Waals surface area (Å²) in [5.74, 6) is 2.20. The van der Waals surface area contributed by atoms with Gasteiger partial charge < -0.3 is 9.64 Å². The maximum atomic E-state index is 5.69. The molecular weight excluding hydrogens is 394 g/mol. The molecule has 1 unspecified atom stereocenters. The molecule has 1 N–H and O–H groups in total. The molecule has 6 nitrogen and oxygen atoms in total. The molecule has 3 heterocycles. The third-order valence-corrected chi connectivity index (χ3v) is 7.39. The molecule has 0 amide bonds. The molecule has 0 spiro atoms. The van der Waals surface area contributed by atoms with Gasteiger partial charge in [-0.25, -0.2) is 4.98 Å². The number of nitrogens with one attached hydrogen (secondary N) is 1. The number of likely N-dealkylation sites (tertiary alicyclic amines) is 1. The van der Waals surface area contributed by atoms with E-state index in [-0.39, 0.29) is 6.23 Å². The Balaban J connectivity index is 1.18. The second kappa shape index (κ2) is 9.02. The van der Waals surface area contributed by atoms with Crippen molar-refractivity contribution in [1.29, 1.82) is 0 Å². The van der Waals surface area contributed by atoms with Crippen LogP contribution in [-0.2, 0) is 11.2 Å². The topological polar surface area (TPSA) is 62.6 Å². The van der Waals surface area contributed by atoms with Gasteiger partial charge in [0.05, 0.1) is 0 Å². The highest BCUT2D eigenvalue weighted by Gasteiger charge is 2.27. The summed E-state index contributed by atoms with van der Waals surface area (Å²) in [6.45, 7) is 4.58. The number of rotatable bonds is 5. The molecule has 1 saturated carbocycles. The van der Waals surface area contributed by atoms with Gasteiger partial charge in [-0.05, 0) is 88.1 Å². The van der Waals surface area contributed by atoms with Crippen molar-refractivity contribution in [2.24, 2.45) is 11.0 Å². The molecule has 3 aliphatic rings. The lowest BCUT2D eigenvalue weighted by atomic mass is 9.83. The standard InChI is InChI=1S/C23H31N5OS/c1-16-25-26-23(29-16)19-7-5-6-18(15-19)22-24-21(30-27-22)14-17-8-10-20(11-9-17)28-12-3-2-4-13-28/h5-7,15-17,20,25H,2-4,8-14H2,1H3. The number of hydrogen-bond acceptors (Lipinski definition) is 7. The summed E-state index contributed by atoms with van der Waals surface area (Å²) in [5, 5.41) is 5.41. The molecule has 0 bridgehead atoms. The minimum absolute atomic E-state index is 0.0855. The van der Waals surface area contributed by atoms with Crippen molar-refractivity contribution in [1.82, 2.24) is 19.7 Å². The van der Waals surface area contributed by atoms with Gasteiger partial charge in [0, 0.05) is 23.6 Å². The summed E-state index contributed by atoms with van der Waals surface area (Å²) in [5.41, 5.74) is 4.91. The Bertz CT molecular complexity index is 883. The molecule has 1 atom stereocenters. The first kappa shape index (κ1) is 19.9. The Kier molecular flexibility index (Phi) is 6.00. The number of hydrogen-bond donors (Lipinski definition) is 1. The van der Waals surface area contributed by atoms with Crippen LogP contribution in [0.4, 0.5) is 0 Å². The molecule has 1 aromatic carbocycles. The largest absolute Gasteiger partial charge is 0.451 e. The molecule has 2 aliphatic heterocycles. The van der Waals surface area contributed by atoms with Crippen LogP contribution in [-0.4, -0.2) is 45.5 Å². The third-order valence-electron chi connectivity index (χ3n) is 6.66. The first-order valence-corrected chi connectivity index (χ1v) is 12.2. The van der Waals surface area contributed by atoms with E-state index in [2.05, 4.69) is 31.9 Å². The first-order valence-electron chi connectivity index (χ1n) is 11.4. The minimum atomic E-state index is -0.0855. The fourth-order valence-electron chi connectivity index (χ4n) is 4.99. The van der Waals surface area contributed by atoms with Crippen LogP contribution in [0.2, 0.25) is 0 Å². The lowest BCUT2D eigenvalue weighted by Gasteiger charge is -2.38. The van der Waals surface area contributed by atoms with E-state index >= 15 is 0 Å². The molecule has 0 radical (unpaired) electrons. The number of aromatic nitrogens is 2. The summed E-state index contributed by atoms with van der Waals surface area (Å²) >= 11 is 1.56. The van der Waals surface area contributed by atoms with Crippen molar-refractivity contribution >= 4 is 17.4 Å². The number of benzene rings is 1. The summed E-state index contributed by atoms with van der Waals surface area (Å²) in [7, 11) is 0. The van der Waals surface area contributed by atoms with E-state index in [1.165, 1.54) is 63.0 Å². The van der Waals surface area contributed by atoms with E-state index in [4.69, 9.17) is 9.72 Å². The van der Waals surface area contributed by atoms with Gasteiger partial charge in [-0.3, -0.25) is 5.43 Å². The van der Waals surface area contributed by atoms with Gasteiger partial charge in [-0.1, -0.05) is 18.6 Å². The van der Waals surface area contributed by atoms with Gasteiger partial charge in [0.1, 0.15) is 5.01 Å². The summed E-state index contributed by atoms with van der Waals surface area (Å²) < 4.78 is 10.3. The number of nitrogens with zero attached hydrogens (tertiary/aromatic N) is 4. The second-order valence-corrected chi connectivity index (χ2v) is 9.71. The Morgan fingerprint density at radius 3 is 2.67 bits per heavy atom. The third kappa shape index (κ3) is 4.52. The van der Waals surface area contributed by atoms with E-state index < -0.39 is 0 Å². The van der Waals surface area contributed by atoms with Crippen LogP contribution >= 0.6 is 11.5 Å². The van der Waals surface area contributed by atoms with Crippen molar-refractivity contribution in [2.75, 3.05) is 13.1 Å². The van der Waals surface area contributed by atoms with Crippen LogP contribution in [0.3, 0.4) is 0 Å². The van der Waals surface area contributed by atoms with Gasteiger partial charge in [-0.2, -0.15) is 4.37 Å². The average Bonchev–Trinajstić information content (AvgIpc) is 3.44. The minimum Gasteiger partial charge on any atom is -0.451 e.